The quantitative estimate of drug-likeness (QED) is 0.503. The highest BCUT2D eigenvalue weighted by Crippen LogP contribution is 2.15. The standard InChI is InChI=1S/C12H12N2O5/c15-8(7-6-9(16)13-12(7)19)2-1-5-14-10(17)3-4-11(14)18/h3-4,7H,1-2,5-6H2,(H,13,16,19). The first kappa shape index (κ1) is 13.1. The van der Waals surface area contributed by atoms with E-state index < -0.39 is 29.5 Å². The first-order valence-electron chi connectivity index (χ1n) is 5.89. The molecule has 1 N–H and O–H groups in total. The van der Waals surface area contributed by atoms with E-state index >= 15 is 0 Å². The molecular formula is C12H12N2O5. The molecule has 0 aromatic heterocycles. The number of imide groups is 2. The summed E-state index contributed by atoms with van der Waals surface area (Å²) >= 11 is 0. The van der Waals surface area contributed by atoms with Crippen LogP contribution < -0.4 is 5.32 Å². The van der Waals surface area contributed by atoms with Crippen LogP contribution in [-0.2, 0) is 24.0 Å². The number of ketones is 1. The summed E-state index contributed by atoms with van der Waals surface area (Å²) in [6.07, 6.45) is 2.58. The van der Waals surface area contributed by atoms with Gasteiger partial charge in [-0.25, -0.2) is 0 Å². The zero-order chi connectivity index (χ0) is 14.0. The number of nitrogens with one attached hydrogen (secondary N) is 1. The molecule has 0 saturated carbocycles. The van der Waals surface area contributed by atoms with Crippen molar-refractivity contribution in [3.63, 3.8) is 0 Å². The zero-order valence-electron chi connectivity index (χ0n) is 10.0. The average Bonchev–Trinajstić information content (AvgIpc) is 2.84. The molecule has 1 unspecified atom stereocenters. The van der Waals surface area contributed by atoms with Gasteiger partial charge < -0.3 is 0 Å². The van der Waals surface area contributed by atoms with Crippen molar-refractivity contribution in [2.75, 3.05) is 6.54 Å². The molecule has 100 valence electrons. The predicted molar refractivity (Wildman–Crippen MR) is 61.4 cm³/mol. The van der Waals surface area contributed by atoms with Gasteiger partial charge in [0.15, 0.2) is 0 Å². The third-order valence-corrected chi connectivity index (χ3v) is 3.06. The van der Waals surface area contributed by atoms with Crippen LogP contribution in [0.25, 0.3) is 0 Å². The monoisotopic (exact) mass is 264 g/mol. The minimum Gasteiger partial charge on any atom is -0.299 e. The predicted octanol–water partition coefficient (Wildman–Crippen LogP) is -1.08. The van der Waals surface area contributed by atoms with Crippen LogP contribution in [0.1, 0.15) is 19.3 Å². The van der Waals surface area contributed by atoms with Gasteiger partial charge >= 0.3 is 0 Å². The number of amides is 4. The number of nitrogens with zero attached hydrogens (tertiary/aromatic N) is 1. The molecule has 2 heterocycles. The minimum atomic E-state index is -0.921. The molecule has 7 nitrogen and oxygen atoms in total. The van der Waals surface area contributed by atoms with Gasteiger partial charge in [-0.1, -0.05) is 0 Å². The highest BCUT2D eigenvalue weighted by atomic mass is 16.2. The van der Waals surface area contributed by atoms with E-state index in [1.807, 2.05) is 0 Å². The Morgan fingerprint density at radius 1 is 1.21 bits per heavy atom. The van der Waals surface area contributed by atoms with Crippen molar-refractivity contribution in [1.29, 1.82) is 0 Å². The summed E-state index contributed by atoms with van der Waals surface area (Å²) in [7, 11) is 0. The molecule has 1 saturated heterocycles. The lowest BCUT2D eigenvalue weighted by Crippen LogP contribution is -2.32. The van der Waals surface area contributed by atoms with E-state index in [0.717, 1.165) is 4.90 Å². The summed E-state index contributed by atoms with van der Waals surface area (Å²) in [5.74, 6) is -3.06. The zero-order valence-corrected chi connectivity index (χ0v) is 10.0. The second kappa shape index (κ2) is 5.13. The van der Waals surface area contributed by atoms with E-state index in [-0.39, 0.29) is 31.6 Å². The van der Waals surface area contributed by atoms with Crippen LogP contribution >= 0.6 is 0 Å². The number of hydrogen-bond donors (Lipinski definition) is 1. The van der Waals surface area contributed by atoms with Crippen LogP contribution in [0, 0.1) is 5.92 Å². The summed E-state index contributed by atoms with van der Waals surface area (Å²) in [6.45, 7) is 0.138. The maximum absolute atomic E-state index is 11.7. The van der Waals surface area contributed by atoms with Crippen molar-refractivity contribution in [3.8, 4) is 0 Å². The Kier molecular flexibility index (Phi) is 3.55. The second-order valence-electron chi connectivity index (χ2n) is 4.40. The molecule has 4 amide bonds. The third kappa shape index (κ3) is 2.75. The third-order valence-electron chi connectivity index (χ3n) is 3.06. The Morgan fingerprint density at radius 2 is 1.84 bits per heavy atom. The van der Waals surface area contributed by atoms with Gasteiger partial charge in [-0.15, -0.1) is 0 Å². The van der Waals surface area contributed by atoms with Crippen molar-refractivity contribution in [3.05, 3.63) is 12.2 Å². The lowest BCUT2D eigenvalue weighted by Gasteiger charge is -2.13. The maximum atomic E-state index is 11.7. The minimum absolute atomic E-state index is 0.0580. The van der Waals surface area contributed by atoms with Gasteiger partial charge in [0.25, 0.3) is 11.8 Å². The number of carbonyl (C=O) groups excluding carboxylic acids is 5. The van der Waals surface area contributed by atoms with Crippen LogP contribution in [0.3, 0.4) is 0 Å². The molecule has 0 aliphatic carbocycles. The maximum Gasteiger partial charge on any atom is 0.253 e. The molecule has 0 radical (unpaired) electrons. The van der Waals surface area contributed by atoms with E-state index in [0.29, 0.717) is 0 Å². The normalized spacial score (nSPS) is 22.3. The second-order valence-corrected chi connectivity index (χ2v) is 4.40. The van der Waals surface area contributed by atoms with Crippen LogP contribution in [0.4, 0.5) is 0 Å². The molecule has 19 heavy (non-hydrogen) atoms. The van der Waals surface area contributed by atoms with Crippen LogP contribution in [0.2, 0.25) is 0 Å². The Balaban J connectivity index is 1.79. The Hall–Kier alpha value is -2.31. The molecule has 7 heteroatoms. The van der Waals surface area contributed by atoms with E-state index in [1.54, 1.807) is 0 Å². The van der Waals surface area contributed by atoms with Gasteiger partial charge in [0.1, 0.15) is 11.7 Å². The fourth-order valence-electron chi connectivity index (χ4n) is 2.05. The summed E-state index contributed by atoms with van der Waals surface area (Å²) in [5.41, 5.74) is 0. The molecule has 2 aliphatic heterocycles. The Labute approximate surface area is 108 Å². The number of hydrogen-bond acceptors (Lipinski definition) is 5. The highest BCUT2D eigenvalue weighted by molar-refractivity contribution is 6.14. The van der Waals surface area contributed by atoms with Crippen molar-refractivity contribution in [2.24, 2.45) is 5.92 Å². The number of carbonyl (C=O) groups is 5. The molecule has 2 rings (SSSR count). The Bertz CT molecular complexity index is 490. The van der Waals surface area contributed by atoms with Crippen LogP contribution in [0.15, 0.2) is 12.2 Å². The summed E-state index contributed by atoms with van der Waals surface area (Å²) in [6, 6.07) is 0. The van der Waals surface area contributed by atoms with Gasteiger partial charge in [-0.05, 0) is 6.42 Å². The number of Topliss-reactive ketones (excluding diaryl/α,β-unsaturated/α-hetero) is 1. The highest BCUT2D eigenvalue weighted by Gasteiger charge is 2.35. The largest absolute Gasteiger partial charge is 0.299 e. The summed E-state index contributed by atoms with van der Waals surface area (Å²) in [4.78, 5) is 57.4. The van der Waals surface area contributed by atoms with Gasteiger partial charge in [-0.3, -0.25) is 34.2 Å². The van der Waals surface area contributed by atoms with Crippen molar-refractivity contribution >= 4 is 29.4 Å². The summed E-state index contributed by atoms with van der Waals surface area (Å²) in [5, 5.41) is 2.07. The fraction of sp³-hybridized carbons (Fsp3) is 0.417. The molecule has 0 spiro atoms. The van der Waals surface area contributed by atoms with Gasteiger partial charge in [0, 0.05) is 31.5 Å². The molecule has 0 aromatic rings. The SMILES string of the molecule is O=C1CC(C(=O)CCCN2C(=O)C=CC2=O)C(=O)N1. The van der Waals surface area contributed by atoms with Crippen molar-refractivity contribution < 1.29 is 24.0 Å². The van der Waals surface area contributed by atoms with Crippen molar-refractivity contribution in [2.45, 2.75) is 19.3 Å². The Morgan fingerprint density at radius 3 is 2.37 bits per heavy atom. The van der Waals surface area contributed by atoms with E-state index in [2.05, 4.69) is 5.32 Å². The average molecular weight is 264 g/mol. The van der Waals surface area contributed by atoms with E-state index in [1.165, 1.54) is 12.2 Å². The molecule has 0 bridgehead atoms. The first-order valence-corrected chi connectivity index (χ1v) is 5.89. The molecular weight excluding hydrogens is 252 g/mol. The molecule has 0 aromatic carbocycles. The first-order chi connectivity index (χ1) is 8.99. The van der Waals surface area contributed by atoms with Gasteiger partial charge in [-0.2, -0.15) is 0 Å². The fourth-order valence-corrected chi connectivity index (χ4v) is 2.05. The van der Waals surface area contributed by atoms with Crippen LogP contribution in [0.5, 0.6) is 0 Å². The lowest BCUT2D eigenvalue weighted by atomic mass is 9.99. The topological polar surface area (TPSA) is 101 Å². The number of rotatable bonds is 5. The van der Waals surface area contributed by atoms with Gasteiger partial charge in [0.2, 0.25) is 11.8 Å². The molecule has 1 fully saturated rings. The molecule has 2 aliphatic rings. The van der Waals surface area contributed by atoms with Crippen LogP contribution in [-0.4, -0.2) is 40.9 Å². The van der Waals surface area contributed by atoms with E-state index in [4.69, 9.17) is 0 Å². The smallest absolute Gasteiger partial charge is 0.253 e. The lowest BCUT2D eigenvalue weighted by molar-refractivity contribution is -0.138. The van der Waals surface area contributed by atoms with E-state index in [9.17, 15) is 24.0 Å². The summed E-state index contributed by atoms with van der Waals surface area (Å²) < 4.78 is 0. The van der Waals surface area contributed by atoms with Crippen molar-refractivity contribution in [1.82, 2.24) is 10.2 Å². The van der Waals surface area contributed by atoms with Gasteiger partial charge in [0.05, 0.1) is 0 Å². The molecule has 1 atom stereocenters.